The summed E-state index contributed by atoms with van der Waals surface area (Å²) in [5.74, 6) is 0. The third-order valence-corrected chi connectivity index (χ3v) is 11.5. The zero-order chi connectivity index (χ0) is 21.7. The van der Waals surface area contributed by atoms with Crippen molar-refractivity contribution in [3.63, 3.8) is 0 Å². The summed E-state index contributed by atoms with van der Waals surface area (Å²) >= 11 is 7.74. The molecule has 0 aliphatic heterocycles. The fourth-order valence-corrected chi connectivity index (χ4v) is 9.63. The third-order valence-electron chi connectivity index (χ3n) is 6.71. The first-order chi connectivity index (χ1) is 15.5. The maximum atomic E-state index is 2.44. The number of rotatable bonds is 1. The Balaban J connectivity index is 1.50. The van der Waals surface area contributed by atoms with Crippen LogP contribution in [0.5, 0.6) is 0 Å². The monoisotopic (exact) mass is 484 g/mol. The fraction of sp³-hybridized carbons (Fsp3) is 0.143. The minimum Gasteiger partial charge on any atom is -0.140 e. The van der Waals surface area contributed by atoms with Gasteiger partial charge in [0.05, 0.1) is 9.40 Å². The first-order valence-electron chi connectivity index (χ1n) is 10.8. The van der Waals surface area contributed by atoms with Gasteiger partial charge in [-0.15, -0.1) is 45.3 Å². The Morgan fingerprint density at radius 1 is 0.469 bits per heavy atom. The molecule has 0 spiro atoms. The highest BCUT2D eigenvalue weighted by Crippen LogP contribution is 2.47. The molecule has 0 aliphatic carbocycles. The highest BCUT2D eigenvalue weighted by molar-refractivity contribution is 7.31. The lowest BCUT2D eigenvalue weighted by atomic mass is 10.0. The molecule has 3 aromatic carbocycles. The van der Waals surface area contributed by atoms with Gasteiger partial charge >= 0.3 is 0 Å². The standard InChI is InChI=1S/C28H20S4/c1-13-9-17-5-6-18-19(26(17)29-13)7-8-23-22(18)12-24(31-23)25-11-21-16(4)15(3)20-10-14(2)30-27(20)28(21)32-25/h5-12H,1-4H3. The van der Waals surface area contributed by atoms with Gasteiger partial charge in [0, 0.05) is 39.7 Å². The number of hydrogen-bond acceptors (Lipinski definition) is 4. The number of hydrogen-bond donors (Lipinski definition) is 0. The predicted molar refractivity (Wildman–Crippen MR) is 150 cm³/mol. The van der Waals surface area contributed by atoms with Gasteiger partial charge in [0.15, 0.2) is 0 Å². The lowest BCUT2D eigenvalue weighted by Crippen LogP contribution is -1.81. The third kappa shape index (κ3) is 2.58. The molecule has 0 atom stereocenters. The average molecular weight is 485 g/mol. The molecule has 0 fully saturated rings. The molecule has 7 aromatic rings. The summed E-state index contributed by atoms with van der Waals surface area (Å²) in [5.41, 5.74) is 2.86. The second-order valence-corrected chi connectivity index (χ2v) is 13.4. The topological polar surface area (TPSA) is 0 Å². The van der Waals surface area contributed by atoms with Gasteiger partial charge in [-0.3, -0.25) is 0 Å². The molecule has 0 aliphatic rings. The van der Waals surface area contributed by atoms with Crippen LogP contribution in [0.4, 0.5) is 0 Å². The van der Waals surface area contributed by atoms with Crippen molar-refractivity contribution < 1.29 is 0 Å². The summed E-state index contributed by atoms with van der Waals surface area (Å²) in [6, 6.07) is 18.8. The lowest BCUT2D eigenvalue weighted by Gasteiger charge is -2.04. The Bertz CT molecular complexity index is 1870. The van der Waals surface area contributed by atoms with Crippen LogP contribution in [0.3, 0.4) is 0 Å². The number of benzene rings is 3. The molecule has 0 bridgehead atoms. The summed E-state index contributed by atoms with van der Waals surface area (Å²) in [6.07, 6.45) is 0. The van der Waals surface area contributed by atoms with Gasteiger partial charge in [-0.2, -0.15) is 0 Å². The van der Waals surface area contributed by atoms with E-state index < -0.39 is 0 Å². The summed E-state index contributed by atoms with van der Waals surface area (Å²) in [6.45, 7) is 8.99. The molecule has 32 heavy (non-hydrogen) atoms. The Kier molecular flexibility index (Phi) is 4.00. The second kappa shape index (κ2) is 6.64. The summed E-state index contributed by atoms with van der Waals surface area (Å²) in [4.78, 5) is 5.55. The van der Waals surface area contributed by atoms with Gasteiger partial charge in [-0.05, 0) is 90.7 Å². The van der Waals surface area contributed by atoms with Crippen LogP contribution in [0.2, 0.25) is 0 Å². The smallest absolute Gasteiger partial charge is 0.0530 e. The van der Waals surface area contributed by atoms with E-state index in [-0.39, 0.29) is 0 Å². The summed E-state index contributed by atoms with van der Waals surface area (Å²) in [7, 11) is 0. The highest BCUT2D eigenvalue weighted by Gasteiger charge is 2.17. The normalized spacial score (nSPS) is 12.4. The quantitative estimate of drug-likeness (QED) is 0.217. The largest absolute Gasteiger partial charge is 0.140 e. The Morgan fingerprint density at radius 2 is 1.09 bits per heavy atom. The molecule has 4 aromatic heterocycles. The van der Waals surface area contributed by atoms with Crippen LogP contribution in [-0.4, -0.2) is 0 Å². The van der Waals surface area contributed by atoms with E-state index in [1.54, 1.807) is 0 Å². The van der Waals surface area contributed by atoms with Crippen molar-refractivity contribution in [2.24, 2.45) is 0 Å². The van der Waals surface area contributed by atoms with Crippen molar-refractivity contribution in [1.82, 2.24) is 0 Å². The van der Waals surface area contributed by atoms with E-state index in [9.17, 15) is 0 Å². The lowest BCUT2D eigenvalue weighted by molar-refractivity contribution is 1.42. The molecular weight excluding hydrogens is 465 g/mol. The molecule has 7 rings (SSSR count). The summed E-state index contributed by atoms with van der Waals surface area (Å²) in [5, 5.41) is 8.37. The second-order valence-electron chi connectivity index (χ2n) is 8.73. The van der Waals surface area contributed by atoms with Crippen LogP contribution < -0.4 is 0 Å². The highest BCUT2D eigenvalue weighted by atomic mass is 32.1. The number of thiophene rings is 4. The molecular formula is C28H20S4. The summed E-state index contributed by atoms with van der Waals surface area (Å²) < 4.78 is 5.70. The first kappa shape index (κ1) is 19.2. The van der Waals surface area contributed by atoms with Crippen molar-refractivity contribution in [1.29, 1.82) is 0 Å². The van der Waals surface area contributed by atoms with E-state index in [1.807, 2.05) is 45.3 Å². The molecule has 0 radical (unpaired) electrons. The van der Waals surface area contributed by atoms with E-state index >= 15 is 0 Å². The van der Waals surface area contributed by atoms with E-state index in [2.05, 4.69) is 76.2 Å². The van der Waals surface area contributed by atoms with Crippen molar-refractivity contribution in [2.75, 3.05) is 0 Å². The Labute approximate surface area is 202 Å². The maximum Gasteiger partial charge on any atom is 0.0530 e. The van der Waals surface area contributed by atoms with Crippen molar-refractivity contribution in [3.05, 3.63) is 69.4 Å². The van der Waals surface area contributed by atoms with Gasteiger partial charge in [-0.1, -0.05) is 18.2 Å². The van der Waals surface area contributed by atoms with E-state index in [0.717, 1.165) is 0 Å². The molecule has 4 heteroatoms. The van der Waals surface area contributed by atoms with E-state index in [1.165, 1.54) is 81.8 Å². The maximum absolute atomic E-state index is 2.44. The number of aryl methyl sites for hydroxylation is 4. The Morgan fingerprint density at radius 3 is 1.94 bits per heavy atom. The van der Waals surface area contributed by atoms with Crippen molar-refractivity contribution in [2.45, 2.75) is 27.7 Å². The van der Waals surface area contributed by atoms with Gasteiger partial charge in [0.25, 0.3) is 0 Å². The minimum absolute atomic E-state index is 1.36. The predicted octanol–water partition coefficient (Wildman–Crippen LogP) is 10.6. The van der Waals surface area contributed by atoms with Crippen LogP contribution in [0.1, 0.15) is 20.9 Å². The average Bonchev–Trinajstić information content (AvgIpc) is 3.53. The SMILES string of the molecule is Cc1cc2ccc3c4cc(-c5cc6c(C)c(C)c7cc(C)sc7c6s5)sc4ccc3c2s1. The van der Waals surface area contributed by atoms with Gasteiger partial charge in [-0.25, -0.2) is 0 Å². The zero-order valence-electron chi connectivity index (χ0n) is 18.3. The molecule has 0 saturated carbocycles. The first-order valence-corrected chi connectivity index (χ1v) is 14.0. The molecule has 0 saturated heterocycles. The minimum atomic E-state index is 1.36. The van der Waals surface area contributed by atoms with E-state index in [0.29, 0.717) is 0 Å². The van der Waals surface area contributed by atoms with Crippen molar-refractivity contribution >= 4 is 96.5 Å². The van der Waals surface area contributed by atoms with Crippen molar-refractivity contribution in [3.8, 4) is 9.75 Å². The fourth-order valence-electron chi connectivity index (χ4n) is 5.00. The van der Waals surface area contributed by atoms with Crippen LogP contribution >= 0.6 is 45.3 Å². The Hall–Kier alpha value is -2.24. The molecule has 4 heterocycles. The van der Waals surface area contributed by atoms with Gasteiger partial charge in [0.2, 0.25) is 0 Å². The molecule has 156 valence electrons. The number of fused-ring (bicyclic) bond motifs is 8. The zero-order valence-corrected chi connectivity index (χ0v) is 21.5. The molecule has 0 nitrogen and oxygen atoms in total. The molecule has 0 unspecified atom stereocenters. The van der Waals surface area contributed by atoms with Crippen LogP contribution in [-0.2, 0) is 0 Å². The van der Waals surface area contributed by atoms with Gasteiger partial charge < -0.3 is 0 Å². The van der Waals surface area contributed by atoms with Crippen LogP contribution in [0.25, 0.3) is 60.9 Å². The molecule has 0 amide bonds. The van der Waals surface area contributed by atoms with E-state index in [4.69, 9.17) is 0 Å². The van der Waals surface area contributed by atoms with Crippen LogP contribution in [0, 0.1) is 27.7 Å². The molecule has 0 N–H and O–H groups in total. The van der Waals surface area contributed by atoms with Gasteiger partial charge in [0.1, 0.15) is 0 Å². The van der Waals surface area contributed by atoms with Crippen LogP contribution in [0.15, 0.2) is 48.5 Å².